The van der Waals surface area contributed by atoms with E-state index in [-0.39, 0.29) is 11.9 Å². The molecule has 1 aliphatic heterocycles. The molecule has 3 rings (SSSR count). The third-order valence-corrected chi connectivity index (χ3v) is 5.49. The van der Waals surface area contributed by atoms with E-state index in [4.69, 9.17) is 4.74 Å². The van der Waals surface area contributed by atoms with Gasteiger partial charge in [0.2, 0.25) is 5.91 Å². The smallest absolute Gasteiger partial charge is 0.407 e. The number of rotatable bonds is 5. The van der Waals surface area contributed by atoms with E-state index in [0.29, 0.717) is 13.0 Å². The lowest BCUT2D eigenvalue weighted by Crippen LogP contribution is -2.43. The van der Waals surface area contributed by atoms with Gasteiger partial charge >= 0.3 is 6.09 Å². The minimum absolute atomic E-state index is 0.170. The van der Waals surface area contributed by atoms with Crippen molar-refractivity contribution in [3.8, 4) is 0 Å². The van der Waals surface area contributed by atoms with E-state index < -0.39 is 11.7 Å². The van der Waals surface area contributed by atoms with Gasteiger partial charge in [-0.15, -0.1) is 0 Å². The van der Waals surface area contributed by atoms with Gasteiger partial charge < -0.3 is 15.0 Å². The molecule has 5 nitrogen and oxygen atoms in total. The lowest BCUT2D eigenvalue weighted by atomic mass is 9.93. The van der Waals surface area contributed by atoms with Crippen LogP contribution >= 0.6 is 0 Å². The Hall–Kier alpha value is -2.30. The van der Waals surface area contributed by atoms with Crippen LogP contribution in [0.5, 0.6) is 0 Å². The molecule has 1 aromatic rings. The Morgan fingerprint density at radius 2 is 1.96 bits per heavy atom. The van der Waals surface area contributed by atoms with Crippen LogP contribution in [0.15, 0.2) is 29.8 Å². The number of hydrogen-bond donors (Lipinski definition) is 1. The molecule has 28 heavy (non-hydrogen) atoms. The van der Waals surface area contributed by atoms with Gasteiger partial charge in [-0.25, -0.2) is 4.79 Å². The predicted molar refractivity (Wildman–Crippen MR) is 111 cm³/mol. The summed E-state index contributed by atoms with van der Waals surface area (Å²) in [6.45, 7) is 9.01. The van der Waals surface area contributed by atoms with E-state index in [1.807, 2.05) is 25.7 Å². The maximum absolute atomic E-state index is 12.7. The molecule has 5 heteroatoms. The summed E-state index contributed by atoms with van der Waals surface area (Å²) in [5, 5.41) is 2.75. The Morgan fingerprint density at radius 3 is 2.71 bits per heavy atom. The number of hydrogen-bond acceptors (Lipinski definition) is 3. The van der Waals surface area contributed by atoms with Crippen LogP contribution in [0, 0.1) is 0 Å². The van der Waals surface area contributed by atoms with Crippen LogP contribution in [0.2, 0.25) is 0 Å². The summed E-state index contributed by atoms with van der Waals surface area (Å²) in [5.41, 5.74) is 5.14. The molecule has 152 valence electrons. The molecule has 0 bridgehead atoms. The zero-order valence-corrected chi connectivity index (χ0v) is 17.5. The Balaban J connectivity index is 1.44. The summed E-state index contributed by atoms with van der Waals surface area (Å²) in [4.78, 5) is 26.4. The van der Waals surface area contributed by atoms with Gasteiger partial charge in [-0.3, -0.25) is 4.79 Å². The molecule has 0 radical (unpaired) electrons. The number of amides is 2. The molecule has 0 saturated heterocycles. The van der Waals surface area contributed by atoms with Gasteiger partial charge in [-0.05, 0) is 75.7 Å². The van der Waals surface area contributed by atoms with Crippen LogP contribution in [-0.2, 0) is 16.0 Å². The summed E-state index contributed by atoms with van der Waals surface area (Å²) < 4.78 is 5.21. The van der Waals surface area contributed by atoms with Gasteiger partial charge in [0.25, 0.3) is 0 Å². The molecule has 1 aliphatic carbocycles. The number of unbranched alkanes of at least 4 members (excludes halogenated alkanes) is 1. The number of carbonyl (C=O) groups excluding carboxylic acids is 2. The molecule has 2 aliphatic rings. The van der Waals surface area contributed by atoms with E-state index in [0.717, 1.165) is 32.2 Å². The maximum atomic E-state index is 12.7. The van der Waals surface area contributed by atoms with Crippen molar-refractivity contribution in [2.45, 2.75) is 71.4 Å². The molecule has 0 spiro atoms. The second-order valence-electron chi connectivity index (χ2n) is 8.74. The van der Waals surface area contributed by atoms with Gasteiger partial charge in [0.1, 0.15) is 5.60 Å². The standard InChI is InChI=1S/C23H32N2O3/c1-16-20-15-17-9-5-6-10-18(17)19(20)12-14-25(16)21(26)11-7-8-13-24-22(27)28-23(2,3)4/h5-6,9-10,16H,7-8,11-15H2,1-4H3,(H,24,27). The van der Waals surface area contributed by atoms with Crippen LogP contribution in [0.25, 0.3) is 5.57 Å². The average molecular weight is 385 g/mol. The quantitative estimate of drug-likeness (QED) is 0.770. The number of fused-ring (bicyclic) bond motifs is 2. The first-order chi connectivity index (χ1) is 13.3. The SMILES string of the molecule is CC1C2=C(CCN1C(=O)CCCCNC(=O)OC(C)(C)C)c1ccccc1C2. The van der Waals surface area contributed by atoms with Crippen molar-refractivity contribution < 1.29 is 14.3 Å². The lowest BCUT2D eigenvalue weighted by molar-refractivity contribution is -0.132. The molecule has 0 fully saturated rings. The number of nitrogens with zero attached hydrogens (tertiary/aromatic N) is 1. The van der Waals surface area contributed by atoms with Crippen LogP contribution in [-0.4, -0.2) is 41.6 Å². The summed E-state index contributed by atoms with van der Waals surface area (Å²) in [5.74, 6) is 0.215. The highest BCUT2D eigenvalue weighted by atomic mass is 16.6. The topological polar surface area (TPSA) is 58.6 Å². The normalized spacial score (nSPS) is 18.6. The molecule has 1 aromatic carbocycles. The van der Waals surface area contributed by atoms with Gasteiger partial charge in [-0.2, -0.15) is 0 Å². The summed E-state index contributed by atoms with van der Waals surface area (Å²) >= 11 is 0. The number of ether oxygens (including phenoxy) is 1. The Morgan fingerprint density at radius 1 is 1.21 bits per heavy atom. The molecule has 0 aromatic heterocycles. The third kappa shape index (κ3) is 4.75. The maximum Gasteiger partial charge on any atom is 0.407 e. The summed E-state index contributed by atoms with van der Waals surface area (Å²) in [6.07, 6.45) is 3.58. The summed E-state index contributed by atoms with van der Waals surface area (Å²) in [7, 11) is 0. The largest absolute Gasteiger partial charge is 0.444 e. The van der Waals surface area contributed by atoms with Crippen molar-refractivity contribution in [1.82, 2.24) is 10.2 Å². The average Bonchev–Trinajstić information content (AvgIpc) is 3.00. The zero-order chi connectivity index (χ0) is 20.3. The number of nitrogens with one attached hydrogen (secondary N) is 1. The Bertz CT molecular complexity index is 776. The first-order valence-electron chi connectivity index (χ1n) is 10.3. The first kappa shape index (κ1) is 20.4. The zero-order valence-electron chi connectivity index (χ0n) is 17.5. The van der Waals surface area contributed by atoms with E-state index >= 15 is 0 Å². The number of carbonyl (C=O) groups is 2. The summed E-state index contributed by atoms with van der Waals surface area (Å²) in [6, 6.07) is 8.77. The van der Waals surface area contributed by atoms with Crippen molar-refractivity contribution >= 4 is 17.6 Å². The predicted octanol–water partition coefficient (Wildman–Crippen LogP) is 4.31. The molecule has 1 atom stereocenters. The number of benzene rings is 1. The molecule has 2 amide bonds. The van der Waals surface area contributed by atoms with E-state index in [2.05, 4.69) is 36.5 Å². The third-order valence-electron chi connectivity index (χ3n) is 5.49. The van der Waals surface area contributed by atoms with Gasteiger partial charge in [-0.1, -0.05) is 24.3 Å². The van der Waals surface area contributed by atoms with E-state index in [9.17, 15) is 9.59 Å². The monoisotopic (exact) mass is 384 g/mol. The number of alkyl carbamates (subject to hydrolysis) is 1. The fourth-order valence-corrected chi connectivity index (χ4v) is 4.15. The fourth-order valence-electron chi connectivity index (χ4n) is 4.15. The van der Waals surface area contributed by atoms with Crippen LogP contribution < -0.4 is 5.32 Å². The first-order valence-corrected chi connectivity index (χ1v) is 10.3. The minimum atomic E-state index is -0.488. The van der Waals surface area contributed by atoms with Crippen LogP contribution in [0.4, 0.5) is 4.79 Å². The Labute approximate surface area is 168 Å². The molecule has 0 saturated carbocycles. The van der Waals surface area contributed by atoms with Crippen molar-refractivity contribution in [3.05, 3.63) is 41.0 Å². The van der Waals surface area contributed by atoms with Crippen molar-refractivity contribution in [1.29, 1.82) is 0 Å². The molecule has 1 heterocycles. The fraction of sp³-hybridized carbons (Fsp3) is 0.565. The second-order valence-corrected chi connectivity index (χ2v) is 8.74. The van der Waals surface area contributed by atoms with E-state index in [1.165, 1.54) is 22.3 Å². The van der Waals surface area contributed by atoms with Crippen molar-refractivity contribution in [3.63, 3.8) is 0 Å². The van der Waals surface area contributed by atoms with Crippen LogP contribution in [0.3, 0.4) is 0 Å². The molecular weight excluding hydrogens is 352 g/mol. The van der Waals surface area contributed by atoms with E-state index in [1.54, 1.807) is 0 Å². The van der Waals surface area contributed by atoms with Gasteiger partial charge in [0.05, 0.1) is 6.04 Å². The highest BCUT2D eigenvalue weighted by Gasteiger charge is 2.33. The molecule has 1 unspecified atom stereocenters. The van der Waals surface area contributed by atoms with Gasteiger partial charge in [0.15, 0.2) is 0 Å². The second kappa shape index (κ2) is 8.38. The Kier molecular flexibility index (Phi) is 6.11. The van der Waals surface area contributed by atoms with Crippen molar-refractivity contribution in [2.75, 3.05) is 13.1 Å². The highest BCUT2D eigenvalue weighted by molar-refractivity contribution is 5.83. The molecular formula is C23H32N2O3. The van der Waals surface area contributed by atoms with Gasteiger partial charge in [0, 0.05) is 19.5 Å². The molecule has 1 N–H and O–H groups in total. The highest BCUT2D eigenvalue weighted by Crippen LogP contribution is 2.40. The van der Waals surface area contributed by atoms with Crippen LogP contribution in [0.1, 0.15) is 64.5 Å². The lowest BCUT2D eigenvalue weighted by Gasteiger charge is -2.35. The van der Waals surface area contributed by atoms with Crippen molar-refractivity contribution in [2.24, 2.45) is 0 Å². The minimum Gasteiger partial charge on any atom is -0.444 e.